The van der Waals surface area contributed by atoms with Crippen molar-refractivity contribution in [2.75, 3.05) is 72.5 Å². The molecule has 164 valence electrons. The van der Waals surface area contributed by atoms with Crippen LogP contribution >= 0.6 is 0 Å². The van der Waals surface area contributed by atoms with E-state index in [1.54, 1.807) is 0 Å². The Balaban J connectivity index is 1.94. The van der Waals surface area contributed by atoms with Gasteiger partial charge in [0.05, 0.1) is 12.6 Å². The number of rotatable bonds is 10. The molecule has 1 aromatic carbocycles. The van der Waals surface area contributed by atoms with E-state index < -0.39 is 0 Å². The molecule has 0 bridgehead atoms. The van der Waals surface area contributed by atoms with Crippen molar-refractivity contribution >= 4 is 5.96 Å². The number of nitrogens with one attached hydrogen (secondary N) is 2. The summed E-state index contributed by atoms with van der Waals surface area (Å²) in [6, 6.07) is 11.1. The zero-order valence-corrected chi connectivity index (χ0v) is 19.0. The summed E-state index contributed by atoms with van der Waals surface area (Å²) < 4.78 is 0. The Bertz CT molecular complexity index is 572. The lowest BCUT2D eigenvalue weighted by atomic mass is 10.1. The van der Waals surface area contributed by atoms with Crippen molar-refractivity contribution in [3.8, 4) is 0 Å². The van der Waals surface area contributed by atoms with Crippen molar-refractivity contribution in [2.45, 2.75) is 33.2 Å². The number of likely N-dealkylation sites (N-methyl/N-ethyl adjacent to an activating group) is 2. The van der Waals surface area contributed by atoms with Gasteiger partial charge in [-0.25, -0.2) is 0 Å². The molecule has 1 aliphatic heterocycles. The fraction of sp³-hybridized carbons (Fsp3) is 0.696. The summed E-state index contributed by atoms with van der Waals surface area (Å²) in [5, 5.41) is 6.96. The Morgan fingerprint density at radius 3 is 2.48 bits per heavy atom. The second-order valence-corrected chi connectivity index (χ2v) is 7.79. The third kappa shape index (κ3) is 8.33. The first kappa shape index (κ1) is 23.6. The molecule has 1 unspecified atom stereocenters. The van der Waals surface area contributed by atoms with Crippen molar-refractivity contribution < 1.29 is 0 Å². The molecule has 2 N–H and O–H groups in total. The molecule has 0 aliphatic carbocycles. The third-order valence-corrected chi connectivity index (χ3v) is 5.74. The van der Waals surface area contributed by atoms with Gasteiger partial charge in [0.1, 0.15) is 0 Å². The fourth-order valence-electron chi connectivity index (χ4n) is 3.95. The summed E-state index contributed by atoms with van der Waals surface area (Å²) in [7, 11) is 2.22. The summed E-state index contributed by atoms with van der Waals surface area (Å²) in [6.45, 7) is 17.0. The van der Waals surface area contributed by atoms with Crippen LogP contribution in [0.3, 0.4) is 0 Å². The lowest BCUT2D eigenvalue weighted by molar-refractivity contribution is 0.224. The van der Waals surface area contributed by atoms with Crippen LogP contribution in [0.1, 0.15) is 38.8 Å². The van der Waals surface area contributed by atoms with Crippen LogP contribution in [0.4, 0.5) is 0 Å². The summed E-state index contributed by atoms with van der Waals surface area (Å²) >= 11 is 0. The first-order valence-electron chi connectivity index (χ1n) is 11.4. The molecule has 1 atom stereocenters. The van der Waals surface area contributed by atoms with E-state index in [1.807, 2.05) is 0 Å². The molecule has 0 aromatic heterocycles. The molecule has 0 amide bonds. The molecule has 29 heavy (non-hydrogen) atoms. The number of guanidine groups is 1. The molecule has 0 radical (unpaired) electrons. The lowest BCUT2D eigenvalue weighted by Crippen LogP contribution is -2.42. The van der Waals surface area contributed by atoms with Gasteiger partial charge in [0, 0.05) is 32.7 Å². The maximum atomic E-state index is 4.95. The van der Waals surface area contributed by atoms with E-state index >= 15 is 0 Å². The molecule has 1 saturated heterocycles. The Morgan fingerprint density at radius 2 is 1.79 bits per heavy atom. The third-order valence-electron chi connectivity index (χ3n) is 5.74. The second kappa shape index (κ2) is 13.6. The highest BCUT2D eigenvalue weighted by molar-refractivity contribution is 5.79. The largest absolute Gasteiger partial charge is 0.357 e. The van der Waals surface area contributed by atoms with E-state index in [4.69, 9.17) is 4.99 Å². The fourth-order valence-corrected chi connectivity index (χ4v) is 3.95. The van der Waals surface area contributed by atoms with E-state index in [0.29, 0.717) is 6.04 Å². The van der Waals surface area contributed by atoms with Crippen LogP contribution in [-0.2, 0) is 0 Å². The normalized spacial score (nSPS) is 17.9. The predicted molar refractivity (Wildman–Crippen MR) is 125 cm³/mol. The summed E-state index contributed by atoms with van der Waals surface area (Å²) in [6.07, 6.45) is 1.26. The molecule has 1 aliphatic rings. The predicted octanol–water partition coefficient (Wildman–Crippen LogP) is 2.26. The van der Waals surface area contributed by atoms with Crippen LogP contribution < -0.4 is 10.6 Å². The van der Waals surface area contributed by atoms with Crippen molar-refractivity contribution in [2.24, 2.45) is 4.99 Å². The summed E-state index contributed by atoms with van der Waals surface area (Å²) in [4.78, 5) is 12.4. The number of benzene rings is 1. The van der Waals surface area contributed by atoms with Crippen LogP contribution in [0.2, 0.25) is 0 Å². The average molecular weight is 403 g/mol. The minimum absolute atomic E-state index is 0.308. The van der Waals surface area contributed by atoms with E-state index in [2.05, 4.69) is 83.5 Å². The molecule has 1 heterocycles. The van der Waals surface area contributed by atoms with Crippen LogP contribution in [0.25, 0.3) is 0 Å². The first-order chi connectivity index (χ1) is 14.2. The minimum Gasteiger partial charge on any atom is -0.357 e. The number of hydrogen-bond donors (Lipinski definition) is 2. The van der Waals surface area contributed by atoms with Crippen LogP contribution in [0.5, 0.6) is 0 Å². The molecular weight excluding hydrogens is 360 g/mol. The van der Waals surface area contributed by atoms with Gasteiger partial charge in [-0.2, -0.15) is 0 Å². The topological polar surface area (TPSA) is 46.1 Å². The first-order valence-corrected chi connectivity index (χ1v) is 11.4. The van der Waals surface area contributed by atoms with E-state index in [0.717, 1.165) is 58.3 Å². The van der Waals surface area contributed by atoms with Crippen LogP contribution in [-0.4, -0.2) is 93.2 Å². The Kier molecular flexibility index (Phi) is 11.1. The Hall–Kier alpha value is -1.63. The highest BCUT2D eigenvalue weighted by atomic mass is 15.2. The Morgan fingerprint density at radius 1 is 1.03 bits per heavy atom. The highest BCUT2D eigenvalue weighted by Gasteiger charge is 2.18. The molecule has 2 rings (SSSR count). The van der Waals surface area contributed by atoms with Crippen molar-refractivity contribution in [1.29, 1.82) is 0 Å². The second-order valence-electron chi connectivity index (χ2n) is 7.79. The van der Waals surface area contributed by atoms with Gasteiger partial charge >= 0.3 is 0 Å². The van der Waals surface area contributed by atoms with Gasteiger partial charge in [0.25, 0.3) is 0 Å². The lowest BCUT2D eigenvalue weighted by Gasteiger charge is -2.29. The quantitative estimate of drug-likeness (QED) is 0.464. The van der Waals surface area contributed by atoms with Crippen LogP contribution in [0.15, 0.2) is 35.3 Å². The van der Waals surface area contributed by atoms with Gasteiger partial charge < -0.3 is 20.4 Å². The Labute approximate surface area is 178 Å². The molecule has 0 saturated carbocycles. The maximum absolute atomic E-state index is 4.95. The number of aliphatic imine (C=N–C) groups is 1. The summed E-state index contributed by atoms with van der Waals surface area (Å²) in [5.74, 6) is 0.924. The molecule has 1 aromatic rings. The molecule has 1 fully saturated rings. The zero-order chi connectivity index (χ0) is 20.9. The number of nitrogens with zero attached hydrogens (tertiary/aromatic N) is 4. The highest BCUT2D eigenvalue weighted by Crippen LogP contribution is 2.20. The van der Waals surface area contributed by atoms with Gasteiger partial charge in [-0.1, -0.05) is 44.2 Å². The smallest absolute Gasteiger partial charge is 0.191 e. The maximum Gasteiger partial charge on any atom is 0.191 e. The average Bonchev–Trinajstić information content (AvgIpc) is 2.95. The van der Waals surface area contributed by atoms with E-state index in [9.17, 15) is 0 Å². The van der Waals surface area contributed by atoms with E-state index in [1.165, 1.54) is 25.1 Å². The summed E-state index contributed by atoms with van der Waals surface area (Å²) in [5.41, 5.74) is 1.34. The van der Waals surface area contributed by atoms with Crippen molar-refractivity contribution in [1.82, 2.24) is 25.3 Å². The number of hydrogen-bond acceptors (Lipinski definition) is 4. The monoisotopic (exact) mass is 402 g/mol. The zero-order valence-electron chi connectivity index (χ0n) is 19.0. The standard InChI is InChI=1S/C23H42N6/c1-5-24-23(25-14-17-28-16-11-15-27(4)18-19-28)26-20-22(29(6-2)7-3)21-12-9-8-10-13-21/h8-10,12-13,22H,5-7,11,14-20H2,1-4H3,(H2,24,25,26). The molecule has 0 spiro atoms. The van der Waals surface area contributed by atoms with Gasteiger partial charge in [-0.3, -0.25) is 9.89 Å². The van der Waals surface area contributed by atoms with Gasteiger partial charge in [-0.15, -0.1) is 0 Å². The van der Waals surface area contributed by atoms with Gasteiger partial charge in [0.15, 0.2) is 5.96 Å². The molecule has 6 heteroatoms. The van der Waals surface area contributed by atoms with E-state index in [-0.39, 0.29) is 0 Å². The SMILES string of the molecule is CCNC(=NCC(c1ccccc1)N(CC)CC)NCCN1CCCN(C)CC1. The molecule has 6 nitrogen and oxygen atoms in total. The van der Waals surface area contributed by atoms with Crippen molar-refractivity contribution in [3.63, 3.8) is 0 Å². The van der Waals surface area contributed by atoms with Crippen molar-refractivity contribution in [3.05, 3.63) is 35.9 Å². The minimum atomic E-state index is 0.308. The van der Waals surface area contributed by atoms with Crippen LogP contribution in [0, 0.1) is 0 Å². The van der Waals surface area contributed by atoms with Gasteiger partial charge in [-0.05, 0) is 52.1 Å². The molecular formula is C23H42N6. The van der Waals surface area contributed by atoms with Gasteiger partial charge in [0.2, 0.25) is 0 Å².